The van der Waals surface area contributed by atoms with Crippen molar-refractivity contribution in [3.8, 4) is 0 Å². The molecule has 144 valence electrons. The lowest BCUT2D eigenvalue weighted by atomic mass is 9.83. The predicted molar refractivity (Wildman–Crippen MR) is 109 cm³/mol. The Labute approximate surface area is 167 Å². The molecule has 6 heteroatoms. The van der Waals surface area contributed by atoms with Crippen molar-refractivity contribution < 1.29 is 14.3 Å². The Morgan fingerprint density at radius 3 is 2.46 bits per heavy atom. The van der Waals surface area contributed by atoms with Gasteiger partial charge in [0.05, 0.1) is 5.60 Å². The molecule has 0 unspecified atom stereocenters. The number of hydrogen-bond acceptors (Lipinski definition) is 2. The number of rotatable bonds is 2. The third kappa shape index (κ3) is 3.81. The molecule has 0 aliphatic carbocycles. The van der Waals surface area contributed by atoms with E-state index in [2.05, 4.69) is 5.32 Å². The predicted octanol–water partition coefficient (Wildman–Crippen LogP) is 5.15. The van der Waals surface area contributed by atoms with Gasteiger partial charge in [0.15, 0.2) is 0 Å². The summed E-state index contributed by atoms with van der Waals surface area (Å²) in [7, 11) is 0. The molecule has 1 saturated heterocycles. The number of aliphatic hydroxyl groups is 1. The summed E-state index contributed by atoms with van der Waals surface area (Å²) >= 11 is 5.83. The number of likely N-dealkylation sites (tertiary alicyclic amines) is 1. The van der Waals surface area contributed by atoms with E-state index in [9.17, 15) is 14.3 Å². The Hall–Kier alpha value is -2.63. The Morgan fingerprint density at radius 1 is 1.04 bits per heavy atom. The molecule has 3 aromatic carbocycles. The molecular weight excluding hydrogens is 379 g/mol. The number of urea groups is 1. The van der Waals surface area contributed by atoms with E-state index in [0.29, 0.717) is 31.6 Å². The van der Waals surface area contributed by atoms with Crippen LogP contribution in [-0.2, 0) is 5.60 Å². The van der Waals surface area contributed by atoms with Crippen LogP contribution in [0.2, 0.25) is 5.02 Å². The van der Waals surface area contributed by atoms with E-state index < -0.39 is 11.4 Å². The van der Waals surface area contributed by atoms with Crippen molar-refractivity contribution >= 4 is 34.1 Å². The second-order valence-electron chi connectivity index (χ2n) is 7.17. The summed E-state index contributed by atoms with van der Waals surface area (Å²) < 4.78 is 13.4. The Balaban J connectivity index is 1.44. The molecule has 4 rings (SSSR count). The van der Waals surface area contributed by atoms with Crippen LogP contribution in [0, 0.1) is 5.82 Å². The highest BCUT2D eigenvalue weighted by molar-refractivity contribution is 6.30. The number of halogens is 2. The molecular formula is C22H20ClFN2O2. The molecule has 2 N–H and O–H groups in total. The number of anilines is 1. The lowest BCUT2D eigenvalue weighted by Crippen LogP contribution is -2.46. The molecule has 0 atom stereocenters. The number of fused-ring (bicyclic) bond motifs is 1. The van der Waals surface area contributed by atoms with Crippen LogP contribution in [0.4, 0.5) is 14.9 Å². The number of hydrogen-bond donors (Lipinski definition) is 2. The first-order chi connectivity index (χ1) is 13.4. The van der Waals surface area contributed by atoms with Gasteiger partial charge >= 0.3 is 6.03 Å². The molecule has 28 heavy (non-hydrogen) atoms. The molecule has 4 nitrogen and oxygen atoms in total. The number of nitrogens with one attached hydrogen (secondary N) is 1. The first kappa shape index (κ1) is 18.7. The monoisotopic (exact) mass is 398 g/mol. The Bertz CT molecular complexity index is 1010. The van der Waals surface area contributed by atoms with Crippen molar-refractivity contribution in [2.75, 3.05) is 18.4 Å². The minimum absolute atomic E-state index is 0.222. The summed E-state index contributed by atoms with van der Waals surface area (Å²) in [4.78, 5) is 14.1. The van der Waals surface area contributed by atoms with E-state index in [-0.39, 0.29) is 11.1 Å². The number of benzene rings is 3. The van der Waals surface area contributed by atoms with Gasteiger partial charge in [-0.25, -0.2) is 9.18 Å². The largest absolute Gasteiger partial charge is 0.385 e. The van der Waals surface area contributed by atoms with Crippen LogP contribution in [0.3, 0.4) is 0 Å². The summed E-state index contributed by atoms with van der Waals surface area (Å²) in [6.45, 7) is 0.802. The molecule has 2 amide bonds. The van der Waals surface area contributed by atoms with Crippen molar-refractivity contribution in [3.05, 3.63) is 77.1 Å². The fraction of sp³-hybridized carbons (Fsp3) is 0.227. The highest BCUT2D eigenvalue weighted by Crippen LogP contribution is 2.34. The number of carbonyl (C=O) groups is 1. The van der Waals surface area contributed by atoms with E-state index in [1.165, 1.54) is 18.2 Å². The van der Waals surface area contributed by atoms with Gasteiger partial charge in [-0.05, 0) is 53.4 Å². The van der Waals surface area contributed by atoms with Gasteiger partial charge in [-0.2, -0.15) is 0 Å². The minimum atomic E-state index is -0.969. The van der Waals surface area contributed by atoms with Gasteiger partial charge in [0.2, 0.25) is 0 Å². The summed E-state index contributed by atoms with van der Waals surface area (Å²) in [5, 5.41) is 16.2. The standard InChI is InChI=1S/C22H20ClFN2O2/c23-18-12-19(24)14-20(13-18)25-21(27)26-9-7-22(28,8-10-26)17-6-5-15-3-1-2-4-16(15)11-17/h1-6,11-14,28H,7-10H2,(H,25,27). The molecule has 1 heterocycles. The first-order valence-corrected chi connectivity index (χ1v) is 9.54. The number of nitrogens with zero attached hydrogens (tertiary/aromatic N) is 1. The molecule has 1 fully saturated rings. The maximum Gasteiger partial charge on any atom is 0.321 e. The number of carbonyl (C=O) groups excluding carboxylic acids is 1. The minimum Gasteiger partial charge on any atom is -0.385 e. The van der Waals surface area contributed by atoms with Crippen LogP contribution < -0.4 is 5.32 Å². The van der Waals surface area contributed by atoms with E-state index in [1.807, 2.05) is 42.5 Å². The second kappa shape index (κ2) is 7.41. The van der Waals surface area contributed by atoms with Crippen LogP contribution in [0.5, 0.6) is 0 Å². The van der Waals surface area contributed by atoms with Crippen LogP contribution in [0.15, 0.2) is 60.7 Å². The first-order valence-electron chi connectivity index (χ1n) is 9.17. The third-order valence-electron chi connectivity index (χ3n) is 5.28. The van der Waals surface area contributed by atoms with Crippen molar-refractivity contribution in [1.29, 1.82) is 0 Å². The average molecular weight is 399 g/mol. The molecule has 1 aliphatic rings. The molecule has 0 aromatic heterocycles. The smallest absolute Gasteiger partial charge is 0.321 e. The van der Waals surface area contributed by atoms with Crippen LogP contribution in [0.25, 0.3) is 10.8 Å². The molecule has 0 saturated carbocycles. The normalized spacial score (nSPS) is 16.2. The second-order valence-corrected chi connectivity index (χ2v) is 7.61. The van der Waals surface area contributed by atoms with Gasteiger partial charge in [0.1, 0.15) is 5.82 Å². The van der Waals surface area contributed by atoms with Gasteiger partial charge in [0, 0.05) is 23.8 Å². The zero-order valence-corrected chi connectivity index (χ0v) is 15.9. The number of amides is 2. The Morgan fingerprint density at radius 2 is 1.75 bits per heavy atom. The van der Waals surface area contributed by atoms with Crippen LogP contribution in [-0.4, -0.2) is 29.1 Å². The van der Waals surface area contributed by atoms with Gasteiger partial charge in [-0.1, -0.05) is 48.0 Å². The Kier molecular flexibility index (Phi) is 4.96. The highest BCUT2D eigenvalue weighted by atomic mass is 35.5. The van der Waals surface area contributed by atoms with E-state index >= 15 is 0 Å². The van der Waals surface area contributed by atoms with E-state index in [0.717, 1.165) is 16.3 Å². The molecule has 0 radical (unpaired) electrons. The van der Waals surface area contributed by atoms with E-state index in [4.69, 9.17) is 11.6 Å². The molecule has 1 aliphatic heterocycles. The summed E-state index contributed by atoms with van der Waals surface area (Å²) in [5.74, 6) is -0.507. The van der Waals surface area contributed by atoms with Gasteiger partial charge in [-0.15, -0.1) is 0 Å². The third-order valence-corrected chi connectivity index (χ3v) is 5.50. The molecule has 0 spiro atoms. The highest BCUT2D eigenvalue weighted by Gasteiger charge is 2.35. The SMILES string of the molecule is O=C(Nc1cc(F)cc(Cl)c1)N1CCC(O)(c2ccc3ccccc3c2)CC1. The van der Waals surface area contributed by atoms with Crippen molar-refractivity contribution in [1.82, 2.24) is 4.90 Å². The van der Waals surface area contributed by atoms with Gasteiger partial charge < -0.3 is 15.3 Å². The zero-order valence-electron chi connectivity index (χ0n) is 15.2. The van der Waals surface area contributed by atoms with Crippen molar-refractivity contribution in [2.45, 2.75) is 18.4 Å². The fourth-order valence-electron chi connectivity index (χ4n) is 3.68. The summed E-state index contributed by atoms with van der Waals surface area (Å²) in [6.07, 6.45) is 0.866. The molecule has 3 aromatic rings. The van der Waals surface area contributed by atoms with Crippen LogP contribution >= 0.6 is 11.6 Å². The zero-order chi connectivity index (χ0) is 19.7. The molecule has 0 bridgehead atoms. The van der Waals surface area contributed by atoms with Gasteiger partial charge in [0.25, 0.3) is 0 Å². The van der Waals surface area contributed by atoms with Crippen LogP contribution in [0.1, 0.15) is 18.4 Å². The van der Waals surface area contributed by atoms with E-state index in [1.54, 1.807) is 4.90 Å². The number of piperidine rings is 1. The van der Waals surface area contributed by atoms with Crippen molar-refractivity contribution in [2.24, 2.45) is 0 Å². The maximum atomic E-state index is 13.4. The lowest BCUT2D eigenvalue weighted by Gasteiger charge is -2.38. The maximum absolute atomic E-state index is 13.4. The topological polar surface area (TPSA) is 52.6 Å². The quantitative estimate of drug-likeness (QED) is 0.627. The summed E-state index contributed by atoms with van der Waals surface area (Å²) in [6, 6.07) is 17.6. The fourth-order valence-corrected chi connectivity index (χ4v) is 3.90. The average Bonchev–Trinajstić information content (AvgIpc) is 2.67. The van der Waals surface area contributed by atoms with Crippen molar-refractivity contribution in [3.63, 3.8) is 0 Å². The lowest BCUT2D eigenvalue weighted by molar-refractivity contribution is -0.0155. The summed E-state index contributed by atoms with van der Waals surface area (Å²) in [5.41, 5.74) is 0.205. The van der Waals surface area contributed by atoms with Gasteiger partial charge in [-0.3, -0.25) is 0 Å².